The first-order chi connectivity index (χ1) is 14.5. The van der Waals surface area contributed by atoms with E-state index in [0.29, 0.717) is 26.1 Å². The van der Waals surface area contributed by atoms with Gasteiger partial charge in [0.25, 0.3) is 0 Å². The van der Waals surface area contributed by atoms with Crippen molar-refractivity contribution in [1.82, 2.24) is 9.80 Å². The van der Waals surface area contributed by atoms with E-state index in [1.54, 1.807) is 16.2 Å². The Kier molecular flexibility index (Phi) is 8.46. The molecule has 0 bridgehead atoms. The van der Waals surface area contributed by atoms with Crippen LogP contribution in [0.3, 0.4) is 0 Å². The van der Waals surface area contributed by atoms with Gasteiger partial charge in [0.15, 0.2) is 0 Å². The minimum Gasteiger partial charge on any atom is -0.376 e. The van der Waals surface area contributed by atoms with E-state index in [1.807, 2.05) is 42.2 Å². The number of ether oxygens (including phenoxy) is 1. The van der Waals surface area contributed by atoms with Gasteiger partial charge < -0.3 is 14.5 Å². The zero-order valence-electron chi connectivity index (χ0n) is 18.0. The summed E-state index contributed by atoms with van der Waals surface area (Å²) in [7, 11) is 0. The van der Waals surface area contributed by atoms with E-state index in [-0.39, 0.29) is 24.5 Å². The Balaban J connectivity index is 1.73. The van der Waals surface area contributed by atoms with Crippen molar-refractivity contribution in [2.75, 3.05) is 19.7 Å². The summed E-state index contributed by atoms with van der Waals surface area (Å²) >= 11 is 1.71. The third-order valence-electron chi connectivity index (χ3n) is 5.30. The molecule has 1 atom stereocenters. The number of hydrogen-bond donors (Lipinski definition) is 0. The van der Waals surface area contributed by atoms with Crippen molar-refractivity contribution in [2.45, 2.75) is 58.7 Å². The Hall–Kier alpha value is -2.18. The summed E-state index contributed by atoms with van der Waals surface area (Å²) in [6, 6.07) is 14.2. The lowest BCUT2D eigenvalue weighted by molar-refractivity contribution is -0.142. The lowest BCUT2D eigenvalue weighted by atomic mass is 10.2. The van der Waals surface area contributed by atoms with Crippen LogP contribution in [0.2, 0.25) is 0 Å². The summed E-state index contributed by atoms with van der Waals surface area (Å²) in [6.07, 6.45) is 3.25. The zero-order valence-corrected chi connectivity index (χ0v) is 18.8. The van der Waals surface area contributed by atoms with Crippen molar-refractivity contribution in [3.63, 3.8) is 0 Å². The minimum atomic E-state index is -0.0210. The topological polar surface area (TPSA) is 49.9 Å². The largest absolute Gasteiger partial charge is 0.376 e. The average molecular weight is 429 g/mol. The van der Waals surface area contributed by atoms with E-state index in [0.717, 1.165) is 36.3 Å². The summed E-state index contributed by atoms with van der Waals surface area (Å²) in [5.74, 6) is 0.0142. The molecule has 162 valence electrons. The number of hydrogen-bond acceptors (Lipinski definition) is 4. The van der Waals surface area contributed by atoms with Crippen LogP contribution in [0.1, 0.15) is 47.9 Å². The minimum absolute atomic E-state index is 0.0210. The second kappa shape index (κ2) is 11.3. The highest BCUT2D eigenvalue weighted by molar-refractivity contribution is 7.11. The molecule has 1 aromatic heterocycles. The number of amides is 2. The maximum atomic E-state index is 13.3. The highest BCUT2D eigenvalue weighted by Gasteiger charge is 2.26. The molecule has 1 aliphatic rings. The van der Waals surface area contributed by atoms with Crippen LogP contribution in [0.4, 0.5) is 0 Å². The van der Waals surface area contributed by atoms with Crippen molar-refractivity contribution in [3.05, 3.63) is 57.8 Å². The van der Waals surface area contributed by atoms with E-state index in [2.05, 4.69) is 19.1 Å². The van der Waals surface area contributed by atoms with Gasteiger partial charge in [-0.2, -0.15) is 0 Å². The molecule has 0 aliphatic carbocycles. The molecule has 1 aliphatic heterocycles. The maximum Gasteiger partial charge on any atom is 0.242 e. The highest BCUT2D eigenvalue weighted by Crippen LogP contribution is 2.20. The molecule has 1 fully saturated rings. The fourth-order valence-electron chi connectivity index (χ4n) is 3.72. The summed E-state index contributed by atoms with van der Waals surface area (Å²) < 4.78 is 5.73. The molecule has 0 saturated carbocycles. The van der Waals surface area contributed by atoms with Crippen molar-refractivity contribution in [2.24, 2.45) is 0 Å². The van der Waals surface area contributed by atoms with Crippen LogP contribution >= 0.6 is 11.3 Å². The Morgan fingerprint density at radius 2 is 1.87 bits per heavy atom. The standard InChI is InChI=1S/C24H32N2O3S/c1-3-8-23(27)26(16-21-11-7-14-29-21)18-24(28)25(15-20-9-5-4-6-10-20)17-22-13-12-19(2)30-22/h4-6,9-10,12-13,21H,3,7-8,11,14-18H2,1-2H3/t21-/m0/s1. The van der Waals surface area contributed by atoms with Gasteiger partial charge in [-0.15, -0.1) is 11.3 Å². The summed E-state index contributed by atoms with van der Waals surface area (Å²) in [4.78, 5) is 32.0. The molecule has 3 rings (SSSR count). The van der Waals surface area contributed by atoms with Crippen molar-refractivity contribution in [3.8, 4) is 0 Å². The lowest BCUT2D eigenvalue weighted by Crippen LogP contribution is -2.45. The number of carbonyl (C=O) groups is 2. The van der Waals surface area contributed by atoms with Gasteiger partial charge in [-0.05, 0) is 43.9 Å². The molecule has 2 amide bonds. The van der Waals surface area contributed by atoms with Gasteiger partial charge in [0.2, 0.25) is 11.8 Å². The number of rotatable bonds is 10. The number of carbonyl (C=O) groups excluding carboxylic acids is 2. The zero-order chi connectivity index (χ0) is 21.3. The fraction of sp³-hybridized carbons (Fsp3) is 0.500. The van der Waals surface area contributed by atoms with Gasteiger partial charge >= 0.3 is 0 Å². The van der Waals surface area contributed by atoms with Gasteiger partial charge in [-0.1, -0.05) is 37.3 Å². The SMILES string of the molecule is CCCC(=O)N(CC(=O)N(Cc1ccccc1)Cc1ccc(C)s1)C[C@@H]1CCCO1. The van der Waals surface area contributed by atoms with E-state index >= 15 is 0 Å². The Bertz CT molecular complexity index is 815. The predicted molar refractivity (Wildman–Crippen MR) is 120 cm³/mol. The third kappa shape index (κ3) is 6.67. The smallest absolute Gasteiger partial charge is 0.242 e. The van der Waals surface area contributed by atoms with Gasteiger partial charge in [-0.25, -0.2) is 0 Å². The van der Waals surface area contributed by atoms with Gasteiger partial charge in [0, 0.05) is 35.9 Å². The van der Waals surface area contributed by atoms with Crippen molar-refractivity contribution in [1.29, 1.82) is 0 Å². The summed E-state index contributed by atoms with van der Waals surface area (Å²) in [5.41, 5.74) is 1.09. The number of thiophene rings is 1. The van der Waals surface area contributed by atoms with Crippen molar-refractivity contribution < 1.29 is 14.3 Å². The van der Waals surface area contributed by atoms with E-state index in [9.17, 15) is 9.59 Å². The molecule has 1 aromatic carbocycles. The third-order valence-corrected chi connectivity index (χ3v) is 6.29. The molecular formula is C24H32N2O3S. The van der Waals surface area contributed by atoms with Crippen LogP contribution in [0, 0.1) is 6.92 Å². The Morgan fingerprint density at radius 1 is 1.07 bits per heavy atom. The molecule has 6 heteroatoms. The second-order valence-electron chi connectivity index (χ2n) is 7.91. The molecule has 2 aromatic rings. The first-order valence-electron chi connectivity index (χ1n) is 10.8. The molecule has 0 spiro atoms. The quantitative estimate of drug-likeness (QED) is 0.564. The summed E-state index contributed by atoms with van der Waals surface area (Å²) in [5, 5.41) is 0. The Labute approximate surface area is 183 Å². The first-order valence-corrected chi connectivity index (χ1v) is 11.6. The van der Waals surface area contributed by atoms with Crippen LogP contribution in [0.25, 0.3) is 0 Å². The van der Waals surface area contributed by atoms with Crippen LogP contribution < -0.4 is 0 Å². The molecular weight excluding hydrogens is 396 g/mol. The van der Waals surface area contributed by atoms with Crippen LogP contribution in [-0.2, 0) is 27.4 Å². The molecule has 30 heavy (non-hydrogen) atoms. The van der Waals surface area contributed by atoms with Crippen molar-refractivity contribution >= 4 is 23.2 Å². The van der Waals surface area contributed by atoms with Crippen LogP contribution in [0.15, 0.2) is 42.5 Å². The average Bonchev–Trinajstić information content (AvgIpc) is 3.39. The normalized spacial score (nSPS) is 15.9. The van der Waals surface area contributed by atoms with E-state index in [1.165, 1.54) is 4.88 Å². The van der Waals surface area contributed by atoms with Crippen LogP contribution in [0.5, 0.6) is 0 Å². The molecule has 2 heterocycles. The fourth-order valence-corrected chi connectivity index (χ4v) is 4.62. The molecule has 5 nitrogen and oxygen atoms in total. The Morgan fingerprint density at radius 3 is 2.50 bits per heavy atom. The number of aryl methyl sites for hydroxylation is 1. The monoisotopic (exact) mass is 428 g/mol. The van der Waals surface area contributed by atoms with Crippen LogP contribution in [-0.4, -0.2) is 47.4 Å². The lowest BCUT2D eigenvalue weighted by Gasteiger charge is -2.29. The number of nitrogens with zero attached hydrogens (tertiary/aromatic N) is 2. The maximum absolute atomic E-state index is 13.3. The molecule has 0 unspecified atom stereocenters. The first kappa shape index (κ1) is 22.5. The summed E-state index contributed by atoms with van der Waals surface area (Å²) in [6.45, 7) is 6.51. The predicted octanol–water partition coefficient (Wildman–Crippen LogP) is 4.39. The van der Waals surface area contributed by atoms with E-state index < -0.39 is 0 Å². The van der Waals surface area contributed by atoms with E-state index in [4.69, 9.17) is 4.74 Å². The second-order valence-corrected chi connectivity index (χ2v) is 9.28. The molecule has 0 N–H and O–H groups in total. The molecule has 1 saturated heterocycles. The van der Waals surface area contributed by atoms with Gasteiger partial charge in [0.1, 0.15) is 0 Å². The number of benzene rings is 1. The molecule has 0 radical (unpaired) electrons. The van der Waals surface area contributed by atoms with Gasteiger partial charge in [-0.3, -0.25) is 9.59 Å². The van der Waals surface area contributed by atoms with Gasteiger partial charge in [0.05, 0.1) is 19.2 Å². The highest BCUT2D eigenvalue weighted by atomic mass is 32.1.